The van der Waals surface area contributed by atoms with Crippen LogP contribution in [0.1, 0.15) is 37.0 Å². The van der Waals surface area contributed by atoms with Crippen LogP contribution in [-0.4, -0.2) is 29.2 Å². The Hall–Kier alpha value is -2.44. The Morgan fingerprint density at radius 2 is 2.00 bits per heavy atom. The third-order valence-electron chi connectivity index (χ3n) is 4.87. The van der Waals surface area contributed by atoms with Crippen molar-refractivity contribution in [1.82, 2.24) is 4.90 Å². The van der Waals surface area contributed by atoms with Gasteiger partial charge in [0.05, 0.1) is 17.0 Å². The fourth-order valence-corrected chi connectivity index (χ4v) is 4.32. The van der Waals surface area contributed by atoms with Crippen molar-refractivity contribution >= 4 is 40.6 Å². The number of methoxy groups -OCH3 is 1. The molecule has 2 aromatic carbocycles. The Kier molecular flexibility index (Phi) is 7.10. The van der Waals surface area contributed by atoms with Crippen LogP contribution in [0.5, 0.6) is 11.5 Å². The number of rotatable bonds is 7. The third-order valence-corrected chi connectivity index (χ3v) is 6.03. The molecule has 30 heavy (non-hydrogen) atoms. The molecule has 1 aliphatic rings. The highest BCUT2D eigenvalue weighted by molar-refractivity contribution is 8.18. The summed E-state index contributed by atoms with van der Waals surface area (Å²) in [6.45, 7) is 6.18. The highest BCUT2D eigenvalue weighted by Gasteiger charge is 2.37. The van der Waals surface area contributed by atoms with Gasteiger partial charge in [-0.05, 0) is 61.4 Å². The number of aryl methyl sites for hydroxylation is 1. The predicted molar refractivity (Wildman–Crippen MR) is 121 cm³/mol. The maximum atomic E-state index is 12.6. The molecule has 0 aliphatic carbocycles. The van der Waals surface area contributed by atoms with Crippen LogP contribution >= 0.6 is 23.4 Å². The number of nitrogens with zero attached hydrogens (tertiary/aromatic N) is 1. The quantitative estimate of drug-likeness (QED) is 0.484. The molecule has 1 aliphatic heterocycles. The Balaban J connectivity index is 1.84. The van der Waals surface area contributed by atoms with Crippen molar-refractivity contribution in [3.05, 3.63) is 63.0 Å². The topological polar surface area (TPSA) is 55.8 Å². The molecule has 0 bridgehead atoms. The Morgan fingerprint density at radius 1 is 1.23 bits per heavy atom. The first-order chi connectivity index (χ1) is 14.3. The molecule has 0 radical (unpaired) electrons. The second-order valence-electron chi connectivity index (χ2n) is 7.12. The largest absolute Gasteiger partial charge is 0.493 e. The number of halogens is 1. The van der Waals surface area contributed by atoms with Crippen molar-refractivity contribution in [3.63, 3.8) is 0 Å². The molecule has 1 atom stereocenters. The fourth-order valence-electron chi connectivity index (χ4n) is 3.11. The van der Waals surface area contributed by atoms with Crippen molar-refractivity contribution in [3.8, 4) is 11.5 Å². The van der Waals surface area contributed by atoms with E-state index in [0.29, 0.717) is 40.0 Å². The van der Waals surface area contributed by atoms with Gasteiger partial charge >= 0.3 is 0 Å². The van der Waals surface area contributed by atoms with Crippen molar-refractivity contribution in [2.45, 2.75) is 39.8 Å². The lowest BCUT2D eigenvalue weighted by molar-refractivity contribution is -0.124. The number of benzene rings is 2. The summed E-state index contributed by atoms with van der Waals surface area (Å²) in [7, 11) is 1.53. The molecular formula is C23H24ClNO4S. The van der Waals surface area contributed by atoms with Gasteiger partial charge in [0.1, 0.15) is 6.61 Å². The van der Waals surface area contributed by atoms with E-state index in [1.807, 2.05) is 45.0 Å². The minimum atomic E-state index is -0.283. The number of ether oxygens (including phenoxy) is 2. The van der Waals surface area contributed by atoms with Gasteiger partial charge < -0.3 is 9.47 Å². The summed E-state index contributed by atoms with van der Waals surface area (Å²) in [5.74, 6) is 0.613. The van der Waals surface area contributed by atoms with E-state index < -0.39 is 0 Å². The van der Waals surface area contributed by atoms with Gasteiger partial charge in [-0.3, -0.25) is 14.5 Å². The van der Waals surface area contributed by atoms with E-state index in [-0.39, 0.29) is 17.2 Å². The lowest BCUT2D eigenvalue weighted by Crippen LogP contribution is -2.36. The monoisotopic (exact) mass is 445 g/mol. The van der Waals surface area contributed by atoms with Gasteiger partial charge in [0.15, 0.2) is 11.5 Å². The highest BCUT2D eigenvalue weighted by Crippen LogP contribution is 2.39. The van der Waals surface area contributed by atoms with Crippen molar-refractivity contribution < 1.29 is 19.1 Å². The summed E-state index contributed by atoms with van der Waals surface area (Å²) in [6, 6.07) is 11.3. The van der Waals surface area contributed by atoms with E-state index in [4.69, 9.17) is 21.1 Å². The third kappa shape index (κ3) is 4.82. The molecule has 2 amide bonds. The lowest BCUT2D eigenvalue weighted by atomic mass is 10.1. The van der Waals surface area contributed by atoms with Gasteiger partial charge in [0.2, 0.25) is 0 Å². The minimum absolute atomic E-state index is 0.140. The fraction of sp³-hybridized carbons (Fsp3) is 0.304. The zero-order valence-electron chi connectivity index (χ0n) is 17.4. The second-order valence-corrected chi connectivity index (χ2v) is 8.52. The van der Waals surface area contributed by atoms with E-state index in [2.05, 4.69) is 0 Å². The number of carbonyl (C=O) groups excluding carboxylic acids is 2. The zero-order valence-corrected chi connectivity index (χ0v) is 19.0. The van der Waals surface area contributed by atoms with Crippen LogP contribution in [0.3, 0.4) is 0 Å². The molecule has 3 rings (SSSR count). The predicted octanol–water partition coefficient (Wildman–Crippen LogP) is 6.07. The van der Waals surface area contributed by atoms with Crippen molar-refractivity contribution in [1.29, 1.82) is 0 Å². The van der Waals surface area contributed by atoms with Gasteiger partial charge in [0.25, 0.3) is 11.1 Å². The number of imide groups is 1. The van der Waals surface area contributed by atoms with E-state index in [9.17, 15) is 9.59 Å². The van der Waals surface area contributed by atoms with Crippen LogP contribution < -0.4 is 9.47 Å². The van der Waals surface area contributed by atoms with Crippen molar-refractivity contribution in [2.24, 2.45) is 0 Å². The maximum Gasteiger partial charge on any atom is 0.293 e. The first-order valence-electron chi connectivity index (χ1n) is 9.67. The SMILES string of the molecule is CC[C@H](C)N1C(=O)S/C(=C/c2cc(Cl)c(OCc3cccc(C)c3)c(OC)c2)C1=O. The highest BCUT2D eigenvalue weighted by atomic mass is 35.5. The first-order valence-corrected chi connectivity index (χ1v) is 10.9. The van der Waals surface area contributed by atoms with Crippen LogP contribution in [-0.2, 0) is 11.4 Å². The van der Waals surface area contributed by atoms with Crippen LogP contribution in [0.25, 0.3) is 6.08 Å². The van der Waals surface area contributed by atoms with Gasteiger partial charge in [0, 0.05) is 6.04 Å². The molecule has 1 fully saturated rings. The van der Waals surface area contributed by atoms with E-state index in [1.54, 1.807) is 18.2 Å². The van der Waals surface area contributed by atoms with Gasteiger partial charge in [-0.15, -0.1) is 0 Å². The molecule has 0 aromatic heterocycles. The number of thioether (sulfide) groups is 1. The molecule has 7 heteroatoms. The van der Waals surface area contributed by atoms with Crippen molar-refractivity contribution in [2.75, 3.05) is 7.11 Å². The van der Waals surface area contributed by atoms with Crippen LogP contribution in [0.15, 0.2) is 41.3 Å². The summed E-state index contributed by atoms with van der Waals surface area (Å²) in [6.07, 6.45) is 2.37. The molecule has 0 N–H and O–H groups in total. The van der Waals surface area contributed by atoms with Crippen LogP contribution in [0.2, 0.25) is 5.02 Å². The molecule has 5 nitrogen and oxygen atoms in total. The van der Waals surface area contributed by atoms with Gasteiger partial charge in [-0.2, -0.15) is 0 Å². The summed E-state index contributed by atoms with van der Waals surface area (Å²) in [5, 5.41) is 0.117. The molecule has 0 saturated carbocycles. The Labute approximate surface area is 186 Å². The van der Waals surface area contributed by atoms with Crippen LogP contribution in [0, 0.1) is 6.92 Å². The van der Waals surface area contributed by atoms with Gasteiger partial charge in [-0.1, -0.05) is 48.4 Å². The zero-order chi connectivity index (χ0) is 21.8. The average Bonchev–Trinajstić information content (AvgIpc) is 2.99. The normalized spacial score (nSPS) is 16.3. The number of amides is 2. The molecular weight excluding hydrogens is 422 g/mol. The Morgan fingerprint density at radius 3 is 2.67 bits per heavy atom. The molecule has 2 aromatic rings. The summed E-state index contributed by atoms with van der Waals surface area (Å²) >= 11 is 7.40. The van der Waals surface area contributed by atoms with Crippen LogP contribution in [0.4, 0.5) is 4.79 Å². The first kappa shape index (κ1) is 22.2. The van der Waals surface area contributed by atoms with E-state index >= 15 is 0 Å². The smallest absolute Gasteiger partial charge is 0.293 e. The van der Waals surface area contributed by atoms with E-state index in [1.165, 1.54) is 12.0 Å². The summed E-state index contributed by atoms with van der Waals surface area (Å²) in [4.78, 5) is 26.5. The number of hydrogen-bond donors (Lipinski definition) is 0. The Bertz CT molecular complexity index is 1000. The molecule has 0 spiro atoms. The van der Waals surface area contributed by atoms with E-state index in [0.717, 1.165) is 22.9 Å². The number of carbonyl (C=O) groups is 2. The molecule has 1 saturated heterocycles. The molecule has 0 unspecified atom stereocenters. The summed E-state index contributed by atoms with van der Waals surface area (Å²) < 4.78 is 11.4. The number of hydrogen-bond acceptors (Lipinski definition) is 5. The minimum Gasteiger partial charge on any atom is -0.493 e. The molecule has 158 valence electrons. The average molecular weight is 446 g/mol. The summed E-state index contributed by atoms with van der Waals surface area (Å²) in [5.41, 5.74) is 2.83. The lowest BCUT2D eigenvalue weighted by Gasteiger charge is -2.19. The second kappa shape index (κ2) is 9.58. The molecule has 1 heterocycles. The van der Waals surface area contributed by atoms with Gasteiger partial charge in [-0.25, -0.2) is 0 Å². The standard InChI is InChI=1S/C23H24ClNO4S/c1-5-15(3)25-22(26)20(30-23(25)27)12-17-10-18(24)21(19(11-17)28-4)29-13-16-8-6-7-14(2)9-16/h6-12,15H,5,13H2,1-4H3/b20-12+/t15-/m0/s1. The maximum absolute atomic E-state index is 12.6.